The van der Waals surface area contributed by atoms with Gasteiger partial charge in [0.25, 0.3) is 0 Å². The molecule has 13 heavy (non-hydrogen) atoms. The van der Waals surface area contributed by atoms with Crippen LogP contribution in [0.25, 0.3) is 0 Å². The minimum atomic E-state index is -1.84. The number of hydrogen-bond donors (Lipinski definition) is 1. The molecule has 1 aliphatic heterocycles. The summed E-state index contributed by atoms with van der Waals surface area (Å²) in [7, 11) is 3.01. The van der Waals surface area contributed by atoms with Crippen molar-refractivity contribution < 1.29 is 24.2 Å². The number of rotatable bonds is 1. The summed E-state index contributed by atoms with van der Waals surface area (Å²) in [4.78, 5) is 22.9. The average molecular weight is 189 g/mol. The lowest BCUT2D eigenvalue weighted by molar-refractivity contribution is -0.277. The molecule has 1 saturated heterocycles. The molecule has 1 N–H and O–H groups in total. The SMILES string of the molecule is CN(C)C1(O)COC(=O)CC(=O)O1. The van der Waals surface area contributed by atoms with Gasteiger partial charge in [0, 0.05) is 0 Å². The summed E-state index contributed by atoms with van der Waals surface area (Å²) in [5, 5.41) is 9.62. The van der Waals surface area contributed by atoms with Gasteiger partial charge in [0.2, 0.25) is 0 Å². The van der Waals surface area contributed by atoms with Gasteiger partial charge in [-0.3, -0.25) is 9.59 Å². The van der Waals surface area contributed by atoms with Crippen LogP contribution in [-0.2, 0) is 19.1 Å². The van der Waals surface area contributed by atoms with Gasteiger partial charge in [0.05, 0.1) is 0 Å². The molecule has 1 rings (SSSR count). The van der Waals surface area contributed by atoms with E-state index in [4.69, 9.17) is 0 Å². The third-order valence-electron chi connectivity index (χ3n) is 1.69. The normalized spacial score (nSPS) is 29.5. The van der Waals surface area contributed by atoms with E-state index in [-0.39, 0.29) is 6.61 Å². The van der Waals surface area contributed by atoms with Crippen LogP contribution in [0.5, 0.6) is 0 Å². The standard InChI is InChI=1S/C7H11NO5/c1-8(2)7(11)4-12-5(9)3-6(10)13-7/h11H,3-4H2,1-2H3. The van der Waals surface area contributed by atoms with Gasteiger partial charge in [-0.1, -0.05) is 0 Å². The Morgan fingerprint density at radius 3 is 2.54 bits per heavy atom. The van der Waals surface area contributed by atoms with Gasteiger partial charge < -0.3 is 14.6 Å². The second-order valence-electron chi connectivity index (χ2n) is 2.95. The van der Waals surface area contributed by atoms with Gasteiger partial charge in [-0.15, -0.1) is 0 Å². The highest BCUT2D eigenvalue weighted by molar-refractivity contribution is 5.91. The van der Waals surface area contributed by atoms with E-state index in [1.807, 2.05) is 0 Å². The van der Waals surface area contributed by atoms with Crippen molar-refractivity contribution >= 4 is 11.9 Å². The highest BCUT2D eigenvalue weighted by Crippen LogP contribution is 2.15. The lowest BCUT2D eigenvalue weighted by Crippen LogP contribution is -2.50. The van der Waals surface area contributed by atoms with Crippen LogP contribution in [0, 0.1) is 0 Å². The predicted molar refractivity (Wildman–Crippen MR) is 40.3 cm³/mol. The minimum absolute atomic E-state index is 0.370. The summed E-state index contributed by atoms with van der Waals surface area (Å²) < 4.78 is 9.20. The van der Waals surface area contributed by atoms with Crippen molar-refractivity contribution in [3.63, 3.8) is 0 Å². The zero-order chi connectivity index (χ0) is 10.1. The fourth-order valence-electron chi connectivity index (χ4n) is 0.812. The number of cyclic esters (lactones) is 2. The van der Waals surface area contributed by atoms with Crippen LogP contribution >= 0.6 is 0 Å². The monoisotopic (exact) mass is 189 g/mol. The van der Waals surface area contributed by atoms with Crippen molar-refractivity contribution in [2.45, 2.75) is 12.3 Å². The molecule has 0 aliphatic carbocycles. The van der Waals surface area contributed by atoms with Crippen molar-refractivity contribution in [1.29, 1.82) is 0 Å². The molecule has 0 bridgehead atoms. The minimum Gasteiger partial charge on any atom is -0.457 e. The van der Waals surface area contributed by atoms with Gasteiger partial charge >= 0.3 is 17.8 Å². The fraction of sp³-hybridized carbons (Fsp3) is 0.714. The second-order valence-corrected chi connectivity index (χ2v) is 2.95. The maximum absolute atomic E-state index is 10.9. The van der Waals surface area contributed by atoms with E-state index >= 15 is 0 Å². The lowest BCUT2D eigenvalue weighted by atomic mass is 10.4. The Morgan fingerprint density at radius 1 is 1.38 bits per heavy atom. The Morgan fingerprint density at radius 2 is 2.00 bits per heavy atom. The average Bonchev–Trinajstić information content (AvgIpc) is 2.11. The Bertz CT molecular complexity index is 239. The lowest BCUT2D eigenvalue weighted by Gasteiger charge is -2.30. The second kappa shape index (κ2) is 3.31. The van der Waals surface area contributed by atoms with Crippen LogP contribution in [0.15, 0.2) is 0 Å². The van der Waals surface area contributed by atoms with E-state index in [1.165, 1.54) is 19.0 Å². The van der Waals surface area contributed by atoms with Gasteiger partial charge in [-0.2, -0.15) is 0 Å². The maximum atomic E-state index is 10.9. The van der Waals surface area contributed by atoms with Gasteiger partial charge in [0.15, 0.2) is 6.61 Å². The largest absolute Gasteiger partial charge is 0.457 e. The molecule has 0 aromatic carbocycles. The van der Waals surface area contributed by atoms with Crippen molar-refractivity contribution in [3.8, 4) is 0 Å². The number of esters is 2. The number of carbonyl (C=O) groups excluding carboxylic acids is 2. The molecule has 74 valence electrons. The van der Waals surface area contributed by atoms with Crippen LogP contribution in [0.2, 0.25) is 0 Å². The van der Waals surface area contributed by atoms with Crippen LogP contribution in [0.4, 0.5) is 0 Å². The highest BCUT2D eigenvalue weighted by atomic mass is 16.7. The van der Waals surface area contributed by atoms with E-state index in [0.29, 0.717) is 0 Å². The summed E-state index contributed by atoms with van der Waals surface area (Å²) >= 11 is 0. The Hall–Kier alpha value is -1.14. The van der Waals surface area contributed by atoms with Crippen molar-refractivity contribution in [2.24, 2.45) is 0 Å². The van der Waals surface area contributed by atoms with E-state index in [9.17, 15) is 14.7 Å². The van der Waals surface area contributed by atoms with E-state index in [1.54, 1.807) is 0 Å². The molecule has 0 radical (unpaired) electrons. The predicted octanol–water partition coefficient (Wildman–Crippen LogP) is -1.32. The molecule has 1 heterocycles. The summed E-state index contributed by atoms with van der Waals surface area (Å²) in [5.74, 6) is -3.33. The molecule has 6 nitrogen and oxygen atoms in total. The molecule has 0 aromatic rings. The first kappa shape index (κ1) is 9.94. The first-order valence-corrected chi connectivity index (χ1v) is 3.71. The fourth-order valence-corrected chi connectivity index (χ4v) is 0.812. The van der Waals surface area contributed by atoms with Gasteiger partial charge in [-0.25, -0.2) is 4.90 Å². The third-order valence-corrected chi connectivity index (χ3v) is 1.69. The molecule has 0 spiro atoms. The molecule has 1 unspecified atom stereocenters. The van der Waals surface area contributed by atoms with Crippen molar-refractivity contribution in [3.05, 3.63) is 0 Å². The molecule has 0 aromatic heterocycles. The summed E-state index contributed by atoms with van der Waals surface area (Å²) in [6.07, 6.45) is -0.462. The van der Waals surface area contributed by atoms with E-state index in [0.717, 1.165) is 0 Å². The number of likely N-dealkylation sites (N-methyl/N-ethyl adjacent to an activating group) is 1. The Labute approximate surface area is 75.0 Å². The number of nitrogens with zero attached hydrogens (tertiary/aromatic N) is 1. The number of carbonyl (C=O) groups is 2. The molecular formula is C7H11NO5. The zero-order valence-corrected chi connectivity index (χ0v) is 7.44. The number of aliphatic hydroxyl groups is 1. The third kappa shape index (κ3) is 2.16. The quantitative estimate of drug-likeness (QED) is 0.313. The van der Waals surface area contributed by atoms with E-state index in [2.05, 4.69) is 9.47 Å². The molecule has 1 aliphatic rings. The van der Waals surface area contributed by atoms with Gasteiger partial charge in [-0.05, 0) is 14.1 Å². The molecule has 0 saturated carbocycles. The summed E-state index contributed by atoms with van der Waals surface area (Å²) in [6.45, 7) is -0.370. The zero-order valence-electron chi connectivity index (χ0n) is 7.44. The van der Waals surface area contributed by atoms with E-state index < -0.39 is 24.3 Å². The van der Waals surface area contributed by atoms with Gasteiger partial charge in [0.1, 0.15) is 6.42 Å². The molecule has 6 heteroatoms. The van der Waals surface area contributed by atoms with Crippen LogP contribution in [-0.4, -0.2) is 48.6 Å². The Kier molecular flexibility index (Phi) is 2.53. The summed E-state index contributed by atoms with van der Waals surface area (Å²) in [6, 6.07) is 0. The molecule has 1 atom stereocenters. The molecule has 0 amide bonds. The first-order chi connectivity index (χ1) is 5.94. The first-order valence-electron chi connectivity index (χ1n) is 3.71. The van der Waals surface area contributed by atoms with Crippen LogP contribution in [0.3, 0.4) is 0 Å². The smallest absolute Gasteiger partial charge is 0.320 e. The van der Waals surface area contributed by atoms with Crippen LogP contribution < -0.4 is 0 Å². The summed E-state index contributed by atoms with van der Waals surface area (Å²) in [5.41, 5.74) is 0. The maximum Gasteiger partial charge on any atom is 0.320 e. The number of hydrogen-bond acceptors (Lipinski definition) is 6. The molecule has 1 fully saturated rings. The van der Waals surface area contributed by atoms with Crippen molar-refractivity contribution in [1.82, 2.24) is 4.90 Å². The van der Waals surface area contributed by atoms with Crippen molar-refractivity contribution in [2.75, 3.05) is 20.7 Å². The van der Waals surface area contributed by atoms with Crippen LogP contribution in [0.1, 0.15) is 6.42 Å². The number of ether oxygens (including phenoxy) is 2. The highest BCUT2D eigenvalue weighted by Gasteiger charge is 2.39. The topological polar surface area (TPSA) is 76.1 Å². The Balaban J connectivity index is 2.78. The molecular weight excluding hydrogens is 178 g/mol.